The molecule has 0 N–H and O–H groups in total. The second-order valence-corrected chi connectivity index (χ2v) is 4.80. The Hall–Kier alpha value is 0.200. The first-order chi connectivity index (χ1) is 7.31. The van der Waals surface area contributed by atoms with Crippen molar-refractivity contribution in [2.75, 3.05) is 11.0 Å². The molecule has 0 rings (SSSR count). The zero-order valence-corrected chi connectivity index (χ0v) is 11.9. The van der Waals surface area contributed by atoms with Crippen molar-refractivity contribution in [1.82, 2.24) is 0 Å². The Morgan fingerprint density at radius 3 is 2.07 bits per heavy atom. The predicted molar refractivity (Wildman–Crippen MR) is 72.5 cm³/mol. The topological polar surface area (TPSA) is 26.3 Å². The Morgan fingerprint density at radius 2 is 1.53 bits per heavy atom. The summed E-state index contributed by atoms with van der Waals surface area (Å²) in [5.41, 5.74) is 0. The lowest BCUT2D eigenvalue weighted by atomic mass is 10.1. The molecule has 2 nitrogen and oxygen atoms in total. The molecule has 0 aliphatic carbocycles. The Balaban J connectivity index is 3.01. The van der Waals surface area contributed by atoms with E-state index in [1.165, 1.54) is 43.0 Å². The lowest BCUT2D eigenvalue weighted by molar-refractivity contribution is -0.143. The summed E-state index contributed by atoms with van der Waals surface area (Å²) in [7, 11) is 0. The van der Waals surface area contributed by atoms with Gasteiger partial charge in [-0.15, -0.1) is 0 Å². The van der Waals surface area contributed by atoms with E-state index in [9.17, 15) is 4.79 Å². The van der Waals surface area contributed by atoms with E-state index in [4.69, 9.17) is 4.74 Å². The summed E-state index contributed by atoms with van der Waals surface area (Å²) in [5, 5.41) is 0. The first-order valence-electron chi connectivity index (χ1n) is 6.02. The van der Waals surface area contributed by atoms with Crippen molar-refractivity contribution in [1.29, 1.82) is 0 Å². The summed E-state index contributed by atoms with van der Waals surface area (Å²) in [5.74, 6) is -0.0394. The van der Waals surface area contributed by atoms with E-state index in [-0.39, 0.29) is 5.97 Å². The van der Waals surface area contributed by atoms with Gasteiger partial charge in [-0.2, -0.15) is 0 Å². The van der Waals surface area contributed by atoms with Gasteiger partial charge in [0.05, 0.1) is 6.61 Å². The minimum Gasteiger partial charge on any atom is -0.466 e. The molecule has 0 aliphatic heterocycles. The van der Waals surface area contributed by atoms with Crippen LogP contribution in [-0.2, 0) is 9.53 Å². The normalized spacial score (nSPS) is 10.3. The quantitative estimate of drug-likeness (QED) is 0.261. The zero-order valence-electron chi connectivity index (χ0n) is 9.77. The molecule has 0 heterocycles. The molecule has 0 saturated carbocycles. The van der Waals surface area contributed by atoms with Gasteiger partial charge in [0, 0.05) is 6.42 Å². The van der Waals surface area contributed by atoms with Crippen LogP contribution < -0.4 is 0 Å². The Bertz CT molecular complexity index is 149. The van der Waals surface area contributed by atoms with Gasteiger partial charge in [0.2, 0.25) is 0 Å². The molecule has 0 aliphatic rings. The third-order valence-electron chi connectivity index (χ3n) is 2.32. The maximum atomic E-state index is 11.0. The molecule has 0 aromatic heterocycles. The molecule has 0 bridgehead atoms. The van der Waals surface area contributed by atoms with Crippen LogP contribution in [0.15, 0.2) is 0 Å². The zero-order chi connectivity index (χ0) is 11.4. The molecule has 0 unspecified atom stereocenters. The van der Waals surface area contributed by atoms with Crippen LogP contribution in [0.25, 0.3) is 0 Å². The van der Waals surface area contributed by atoms with Crippen LogP contribution >= 0.6 is 22.6 Å². The van der Waals surface area contributed by atoms with Crippen molar-refractivity contribution in [2.24, 2.45) is 0 Å². The van der Waals surface area contributed by atoms with Crippen molar-refractivity contribution >= 4 is 28.6 Å². The average Bonchev–Trinajstić information content (AvgIpc) is 2.22. The van der Waals surface area contributed by atoms with Crippen LogP contribution in [0.5, 0.6) is 0 Å². The van der Waals surface area contributed by atoms with Crippen LogP contribution in [-0.4, -0.2) is 17.0 Å². The maximum absolute atomic E-state index is 11.0. The summed E-state index contributed by atoms with van der Waals surface area (Å²) < 4.78 is 6.14. The average molecular weight is 326 g/mol. The fraction of sp³-hybridized carbons (Fsp3) is 0.917. The highest BCUT2D eigenvalue weighted by molar-refractivity contribution is 14.1. The van der Waals surface area contributed by atoms with Crippen molar-refractivity contribution < 1.29 is 9.53 Å². The van der Waals surface area contributed by atoms with E-state index in [1.54, 1.807) is 0 Å². The fourth-order valence-electron chi connectivity index (χ4n) is 1.48. The molecule has 0 spiro atoms. The Morgan fingerprint density at radius 1 is 1.00 bits per heavy atom. The van der Waals surface area contributed by atoms with Gasteiger partial charge in [0.1, 0.15) is 0 Å². The number of carbonyl (C=O) groups excluding carboxylic acids is 1. The third kappa shape index (κ3) is 12.1. The van der Waals surface area contributed by atoms with Crippen LogP contribution in [0.3, 0.4) is 0 Å². The lowest BCUT2D eigenvalue weighted by Crippen LogP contribution is -2.03. The molecule has 0 amide bonds. The number of carbonyl (C=O) groups is 1. The first kappa shape index (κ1) is 15.2. The second-order valence-electron chi connectivity index (χ2n) is 3.72. The van der Waals surface area contributed by atoms with E-state index in [0.717, 1.165) is 6.42 Å². The highest BCUT2D eigenvalue weighted by Gasteiger charge is 2.00. The molecule has 0 aromatic carbocycles. The van der Waals surface area contributed by atoms with E-state index in [0.29, 0.717) is 13.0 Å². The summed E-state index contributed by atoms with van der Waals surface area (Å²) in [6.07, 6.45) is 9.41. The molecule has 0 radical (unpaired) electrons. The minimum atomic E-state index is -0.0394. The van der Waals surface area contributed by atoms with Crippen LogP contribution in [0, 0.1) is 0 Å². The van der Waals surface area contributed by atoms with Crippen molar-refractivity contribution in [3.63, 3.8) is 0 Å². The number of hydrogen-bond acceptors (Lipinski definition) is 2. The van der Waals surface area contributed by atoms with Crippen molar-refractivity contribution in [3.05, 3.63) is 0 Å². The van der Waals surface area contributed by atoms with Gasteiger partial charge in [-0.05, 0) is 24.2 Å². The molecular formula is C12H23IO2. The molecule has 0 saturated heterocycles. The van der Waals surface area contributed by atoms with Gasteiger partial charge in [-0.1, -0.05) is 54.7 Å². The van der Waals surface area contributed by atoms with Gasteiger partial charge in [-0.3, -0.25) is 4.79 Å². The van der Waals surface area contributed by atoms with Gasteiger partial charge < -0.3 is 4.74 Å². The summed E-state index contributed by atoms with van der Waals surface area (Å²) in [6, 6.07) is 0. The number of esters is 1. The number of hydrogen-bond donors (Lipinski definition) is 0. The molecule has 90 valence electrons. The van der Waals surface area contributed by atoms with Crippen molar-refractivity contribution in [2.45, 2.75) is 58.3 Å². The van der Waals surface area contributed by atoms with Gasteiger partial charge in [0.25, 0.3) is 0 Å². The molecule has 0 fully saturated rings. The Labute approximate surface area is 107 Å². The smallest absolute Gasteiger partial charge is 0.305 e. The third-order valence-corrected chi connectivity index (χ3v) is 3.08. The van der Waals surface area contributed by atoms with Crippen LogP contribution in [0.4, 0.5) is 0 Å². The number of ether oxygens (including phenoxy) is 1. The van der Waals surface area contributed by atoms with E-state index >= 15 is 0 Å². The standard InChI is InChI=1S/C12H23IO2/c1-2-15-12(14)10-8-6-4-3-5-7-9-11-13/h2-11H2,1H3. The first-order valence-corrected chi connectivity index (χ1v) is 7.55. The van der Waals surface area contributed by atoms with Crippen LogP contribution in [0.2, 0.25) is 0 Å². The van der Waals surface area contributed by atoms with Gasteiger partial charge in [-0.25, -0.2) is 0 Å². The summed E-state index contributed by atoms with van der Waals surface area (Å²) in [4.78, 5) is 11.0. The Kier molecular flexibility index (Phi) is 12.4. The highest BCUT2D eigenvalue weighted by atomic mass is 127. The van der Waals surface area contributed by atoms with Crippen LogP contribution in [0.1, 0.15) is 58.3 Å². The minimum absolute atomic E-state index is 0.0394. The lowest BCUT2D eigenvalue weighted by Gasteiger charge is -2.02. The monoisotopic (exact) mass is 326 g/mol. The van der Waals surface area contributed by atoms with Gasteiger partial charge in [0.15, 0.2) is 0 Å². The molecular weight excluding hydrogens is 303 g/mol. The summed E-state index contributed by atoms with van der Waals surface area (Å²) >= 11 is 2.43. The largest absolute Gasteiger partial charge is 0.466 e. The fourth-order valence-corrected chi connectivity index (χ4v) is 2.02. The maximum Gasteiger partial charge on any atom is 0.305 e. The second kappa shape index (κ2) is 12.3. The number of unbranched alkanes of at least 4 members (excludes halogenated alkanes) is 6. The van der Waals surface area contributed by atoms with E-state index < -0.39 is 0 Å². The molecule has 15 heavy (non-hydrogen) atoms. The van der Waals surface area contributed by atoms with E-state index in [1.807, 2.05) is 6.92 Å². The molecule has 0 atom stereocenters. The number of halogens is 1. The highest BCUT2D eigenvalue weighted by Crippen LogP contribution is 2.09. The number of rotatable bonds is 10. The van der Waals surface area contributed by atoms with Crippen molar-refractivity contribution in [3.8, 4) is 0 Å². The van der Waals surface area contributed by atoms with E-state index in [2.05, 4.69) is 22.6 Å². The molecule has 0 aromatic rings. The SMILES string of the molecule is CCOC(=O)CCCCCCCCCI. The molecule has 3 heteroatoms. The summed E-state index contributed by atoms with van der Waals surface area (Å²) in [6.45, 7) is 2.36. The predicted octanol–water partition coefficient (Wildman–Crippen LogP) is 4.11. The van der Waals surface area contributed by atoms with Gasteiger partial charge >= 0.3 is 5.97 Å². The number of alkyl halides is 1.